The third-order valence-corrected chi connectivity index (χ3v) is 2.87. The van der Waals surface area contributed by atoms with Crippen LogP contribution in [0.1, 0.15) is 17.5 Å². The molecular weight excluding hydrogens is 158 g/mol. The average Bonchev–Trinajstić information content (AvgIpc) is 2.53. The first-order valence-corrected chi connectivity index (χ1v) is 4.23. The lowest BCUT2D eigenvalue weighted by Gasteiger charge is -1.89. The zero-order valence-electron chi connectivity index (χ0n) is 6.40. The molecule has 0 amide bonds. The van der Waals surface area contributed by atoms with Crippen LogP contribution < -0.4 is 0 Å². The molecule has 0 unspecified atom stereocenters. The van der Waals surface area contributed by atoms with E-state index >= 15 is 0 Å². The molecule has 0 atom stereocenters. The third kappa shape index (κ3) is 0.860. The van der Waals surface area contributed by atoms with E-state index in [9.17, 15) is 0 Å². The predicted molar refractivity (Wildman–Crippen MR) is 44.7 cm³/mol. The minimum atomic E-state index is 0.968. The molecule has 0 aliphatic rings. The zero-order valence-corrected chi connectivity index (χ0v) is 7.22. The molecule has 2 heterocycles. The lowest BCUT2D eigenvalue weighted by Crippen LogP contribution is -1.87. The van der Waals surface area contributed by atoms with Gasteiger partial charge in [-0.2, -0.15) is 5.10 Å². The largest absolute Gasteiger partial charge is 0.212 e. The Morgan fingerprint density at radius 1 is 1.64 bits per heavy atom. The van der Waals surface area contributed by atoms with Crippen molar-refractivity contribution < 1.29 is 0 Å². The molecule has 11 heavy (non-hydrogen) atoms. The van der Waals surface area contributed by atoms with E-state index in [1.807, 2.05) is 18.4 Å². The van der Waals surface area contributed by atoms with Crippen LogP contribution in [0.15, 0.2) is 6.33 Å². The molecule has 0 bridgehead atoms. The van der Waals surface area contributed by atoms with Crippen molar-refractivity contribution in [2.45, 2.75) is 13.8 Å². The van der Waals surface area contributed by atoms with Gasteiger partial charge in [-0.15, -0.1) is 0 Å². The van der Waals surface area contributed by atoms with Crippen LogP contribution >= 0.6 is 11.3 Å². The van der Waals surface area contributed by atoms with Gasteiger partial charge in [0, 0.05) is 4.88 Å². The maximum Gasteiger partial charge on any atom is 0.212 e. The van der Waals surface area contributed by atoms with Crippen molar-refractivity contribution in [2.24, 2.45) is 0 Å². The standard InChI is InChI=1S/C7H8N3S/c1-3-6-5(2)10-7(11-6)8-4-9-10/h3-4H,1-2H3. The first-order chi connectivity index (χ1) is 5.33. The predicted octanol–water partition coefficient (Wildman–Crippen LogP) is 1.67. The van der Waals surface area contributed by atoms with Gasteiger partial charge in [-0.05, 0) is 13.3 Å². The van der Waals surface area contributed by atoms with Crippen LogP contribution in [-0.2, 0) is 0 Å². The van der Waals surface area contributed by atoms with Gasteiger partial charge in [-0.3, -0.25) is 0 Å². The van der Waals surface area contributed by atoms with Crippen molar-refractivity contribution >= 4 is 16.3 Å². The second-order valence-corrected chi connectivity index (χ2v) is 3.30. The van der Waals surface area contributed by atoms with E-state index in [1.54, 1.807) is 17.7 Å². The summed E-state index contributed by atoms with van der Waals surface area (Å²) in [6.07, 6.45) is 3.66. The van der Waals surface area contributed by atoms with Crippen molar-refractivity contribution in [3.05, 3.63) is 23.3 Å². The number of hydrogen-bond donors (Lipinski definition) is 0. The van der Waals surface area contributed by atoms with E-state index in [4.69, 9.17) is 0 Å². The summed E-state index contributed by atoms with van der Waals surface area (Å²) >= 11 is 1.66. The SMILES string of the molecule is C[CH]c1sc2ncnn2c1C. The first kappa shape index (κ1) is 6.79. The van der Waals surface area contributed by atoms with Gasteiger partial charge >= 0.3 is 0 Å². The lowest BCUT2D eigenvalue weighted by atomic mass is 10.3. The van der Waals surface area contributed by atoms with Crippen LogP contribution in [0.4, 0.5) is 0 Å². The Hall–Kier alpha value is -0.900. The molecular formula is C7H8N3S. The summed E-state index contributed by atoms with van der Waals surface area (Å²) in [4.78, 5) is 6.32. The summed E-state index contributed by atoms with van der Waals surface area (Å²) < 4.78 is 1.86. The lowest BCUT2D eigenvalue weighted by molar-refractivity contribution is 0.925. The fraction of sp³-hybridized carbons (Fsp3) is 0.286. The molecule has 3 nitrogen and oxygen atoms in total. The summed E-state index contributed by atoms with van der Waals surface area (Å²) in [5.74, 6) is 0. The van der Waals surface area contributed by atoms with E-state index in [0.717, 1.165) is 4.96 Å². The van der Waals surface area contributed by atoms with Gasteiger partial charge in [0.1, 0.15) is 6.33 Å². The van der Waals surface area contributed by atoms with E-state index in [1.165, 1.54) is 10.6 Å². The minimum absolute atomic E-state index is 0.968. The van der Waals surface area contributed by atoms with Crippen LogP contribution in [0.5, 0.6) is 0 Å². The van der Waals surface area contributed by atoms with Gasteiger partial charge in [-0.25, -0.2) is 9.50 Å². The maximum atomic E-state index is 4.10. The highest BCUT2D eigenvalue weighted by Gasteiger charge is 2.06. The van der Waals surface area contributed by atoms with Gasteiger partial charge in [0.25, 0.3) is 0 Å². The van der Waals surface area contributed by atoms with Gasteiger partial charge in [0.05, 0.1) is 5.69 Å². The molecule has 0 spiro atoms. The number of hydrogen-bond acceptors (Lipinski definition) is 3. The van der Waals surface area contributed by atoms with Gasteiger partial charge < -0.3 is 0 Å². The molecule has 0 aromatic carbocycles. The highest BCUT2D eigenvalue weighted by molar-refractivity contribution is 7.17. The number of aryl methyl sites for hydroxylation is 1. The quantitative estimate of drug-likeness (QED) is 0.645. The number of nitrogens with zero attached hydrogens (tertiary/aromatic N) is 3. The fourth-order valence-electron chi connectivity index (χ4n) is 1.07. The van der Waals surface area contributed by atoms with Crippen LogP contribution in [0, 0.1) is 13.3 Å². The molecule has 0 fully saturated rings. The topological polar surface area (TPSA) is 30.2 Å². The summed E-state index contributed by atoms with van der Waals surface area (Å²) in [7, 11) is 0. The monoisotopic (exact) mass is 166 g/mol. The van der Waals surface area contributed by atoms with Crippen molar-refractivity contribution in [1.29, 1.82) is 0 Å². The normalized spacial score (nSPS) is 11.1. The zero-order chi connectivity index (χ0) is 7.84. The van der Waals surface area contributed by atoms with Crippen molar-refractivity contribution in [3.63, 3.8) is 0 Å². The molecule has 2 rings (SSSR count). The second-order valence-electron chi connectivity index (χ2n) is 2.29. The summed E-state index contributed by atoms with van der Waals surface area (Å²) in [6, 6.07) is 0. The molecule has 57 valence electrons. The number of thiazole rings is 1. The fourth-order valence-corrected chi connectivity index (χ4v) is 1.99. The third-order valence-electron chi connectivity index (χ3n) is 1.65. The Morgan fingerprint density at radius 3 is 3.09 bits per heavy atom. The van der Waals surface area contributed by atoms with Crippen LogP contribution in [0.25, 0.3) is 4.96 Å². The van der Waals surface area contributed by atoms with Crippen LogP contribution in [-0.4, -0.2) is 14.6 Å². The molecule has 4 heteroatoms. The number of fused-ring (bicyclic) bond motifs is 1. The smallest absolute Gasteiger partial charge is 0.208 e. The van der Waals surface area contributed by atoms with E-state index < -0.39 is 0 Å². The van der Waals surface area contributed by atoms with Crippen molar-refractivity contribution in [2.75, 3.05) is 0 Å². The first-order valence-electron chi connectivity index (χ1n) is 3.41. The highest BCUT2D eigenvalue weighted by atomic mass is 32.1. The molecule has 0 N–H and O–H groups in total. The summed E-state index contributed by atoms with van der Waals surface area (Å²) in [5, 5.41) is 4.08. The Balaban J connectivity index is 2.76. The number of rotatable bonds is 1. The minimum Gasteiger partial charge on any atom is -0.208 e. The summed E-state index contributed by atoms with van der Waals surface area (Å²) in [6.45, 7) is 4.08. The molecule has 2 aromatic heterocycles. The Bertz CT molecular complexity index is 374. The molecule has 0 saturated carbocycles. The highest BCUT2D eigenvalue weighted by Crippen LogP contribution is 2.21. The van der Waals surface area contributed by atoms with Gasteiger partial charge in [-0.1, -0.05) is 18.3 Å². The summed E-state index contributed by atoms with van der Waals surface area (Å²) in [5.41, 5.74) is 1.17. The second kappa shape index (κ2) is 2.30. The molecule has 0 aliphatic heterocycles. The molecule has 0 saturated heterocycles. The van der Waals surface area contributed by atoms with Crippen molar-refractivity contribution in [1.82, 2.24) is 14.6 Å². The Kier molecular flexibility index (Phi) is 1.42. The van der Waals surface area contributed by atoms with E-state index in [2.05, 4.69) is 16.5 Å². The molecule has 2 aromatic rings. The Morgan fingerprint density at radius 2 is 2.45 bits per heavy atom. The average molecular weight is 166 g/mol. The number of aromatic nitrogens is 3. The van der Waals surface area contributed by atoms with E-state index in [-0.39, 0.29) is 0 Å². The molecule has 0 aliphatic carbocycles. The van der Waals surface area contributed by atoms with Gasteiger partial charge in [0.2, 0.25) is 4.96 Å². The maximum absolute atomic E-state index is 4.10. The van der Waals surface area contributed by atoms with Crippen molar-refractivity contribution in [3.8, 4) is 0 Å². The molecule has 1 radical (unpaired) electrons. The van der Waals surface area contributed by atoms with Gasteiger partial charge in [0.15, 0.2) is 0 Å². The van der Waals surface area contributed by atoms with Crippen LogP contribution in [0.2, 0.25) is 0 Å². The van der Waals surface area contributed by atoms with E-state index in [0.29, 0.717) is 0 Å². The Labute approximate surface area is 68.7 Å². The van der Waals surface area contributed by atoms with Crippen LogP contribution in [0.3, 0.4) is 0 Å².